The van der Waals surface area contributed by atoms with E-state index in [4.69, 9.17) is 16.3 Å². The predicted molar refractivity (Wildman–Crippen MR) is 96.5 cm³/mol. The highest BCUT2D eigenvalue weighted by Gasteiger charge is 2.21. The number of benzene rings is 2. The van der Waals surface area contributed by atoms with Crippen LogP contribution in [0.3, 0.4) is 0 Å². The van der Waals surface area contributed by atoms with Crippen molar-refractivity contribution in [3.63, 3.8) is 0 Å². The molecule has 0 fully saturated rings. The van der Waals surface area contributed by atoms with Gasteiger partial charge in [-0.2, -0.15) is 0 Å². The first-order chi connectivity index (χ1) is 11.8. The first kappa shape index (κ1) is 19.2. The third kappa shape index (κ3) is 4.31. The molecule has 0 spiro atoms. The molecule has 0 bridgehead atoms. The van der Waals surface area contributed by atoms with E-state index in [1.54, 1.807) is 30.3 Å². The third-order valence-corrected chi connectivity index (χ3v) is 5.73. The van der Waals surface area contributed by atoms with E-state index in [0.29, 0.717) is 16.3 Å². The van der Waals surface area contributed by atoms with E-state index in [1.165, 1.54) is 33.3 Å². The van der Waals surface area contributed by atoms with Crippen LogP contribution < -0.4 is 10.1 Å². The fourth-order valence-corrected chi connectivity index (χ4v) is 3.51. The normalized spacial score (nSPS) is 11.4. The lowest BCUT2D eigenvalue weighted by Gasteiger charge is -2.16. The molecule has 2 rings (SSSR count). The van der Waals surface area contributed by atoms with Crippen LogP contribution in [-0.4, -0.2) is 39.8 Å². The van der Waals surface area contributed by atoms with Gasteiger partial charge in [-0.15, -0.1) is 0 Å². The molecule has 1 N–H and O–H groups in total. The van der Waals surface area contributed by atoms with Crippen molar-refractivity contribution in [2.75, 3.05) is 21.2 Å². The molecule has 25 heavy (non-hydrogen) atoms. The molecule has 0 heterocycles. The number of ether oxygens (including phenoxy) is 1. The average molecular weight is 383 g/mol. The van der Waals surface area contributed by atoms with Crippen LogP contribution in [-0.2, 0) is 16.6 Å². The Kier molecular flexibility index (Phi) is 6.05. The van der Waals surface area contributed by atoms with Crippen molar-refractivity contribution in [3.05, 3.63) is 58.6 Å². The minimum Gasteiger partial charge on any atom is -0.496 e. The first-order valence-corrected chi connectivity index (χ1v) is 9.21. The summed E-state index contributed by atoms with van der Waals surface area (Å²) in [5.41, 5.74) is 0.772. The summed E-state index contributed by atoms with van der Waals surface area (Å²) in [6.45, 7) is 0.0533. The van der Waals surface area contributed by atoms with E-state index in [0.717, 1.165) is 4.31 Å². The fourth-order valence-electron chi connectivity index (χ4n) is 2.23. The predicted octanol–water partition coefficient (Wildman–Crippen LogP) is 2.53. The maximum atomic E-state index is 12.4. The number of methoxy groups -OCH3 is 1. The van der Waals surface area contributed by atoms with Crippen LogP contribution in [0.2, 0.25) is 5.02 Å². The molecule has 0 radical (unpaired) electrons. The standard InChI is InChI=1S/C17H19ClN2O4S/c1-20(2)25(22,23)16-7-5-4-6-12(16)11-19-17(21)14-10-13(18)8-9-15(14)24-3/h4-10H,11H2,1-3H3,(H,19,21). The second-order valence-corrected chi connectivity index (χ2v) is 7.98. The molecule has 6 nitrogen and oxygen atoms in total. The van der Waals surface area contributed by atoms with Gasteiger partial charge < -0.3 is 10.1 Å². The number of halogens is 1. The number of amides is 1. The zero-order chi connectivity index (χ0) is 18.6. The topological polar surface area (TPSA) is 75.7 Å². The lowest BCUT2D eigenvalue weighted by Crippen LogP contribution is -2.27. The van der Waals surface area contributed by atoms with Crippen molar-refractivity contribution < 1.29 is 17.9 Å². The zero-order valence-electron chi connectivity index (χ0n) is 14.1. The van der Waals surface area contributed by atoms with Crippen LogP contribution in [0.1, 0.15) is 15.9 Å². The largest absolute Gasteiger partial charge is 0.496 e. The van der Waals surface area contributed by atoms with E-state index in [9.17, 15) is 13.2 Å². The van der Waals surface area contributed by atoms with Crippen molar-refractivity contribution in [1.82, 2.24) is 9.62 Å². The Morgan fingerprint density at radius 1 is 1.20 bits per heavy atom. The quantitative estimate of drug-likeness (QED) is 0.833. The van der Waals surface area contributed by atoms with Crippen molar-refractivity contribution >= 4 is 27.5 Å². The van der Waals surface area contributed by atoms with E-state index < -0.39 is 15.9 Å². The van der Waals surface area contributed by atoms with E-state index in [1.807, 2.05) is 0 Å². The maximum Gasteiger partial charge on any atom is 0.255 e. The molecular formula is C17H19ClN2O4S. The van der Waals surface area contributed by atoms with Gasteiger partial charge in [0.2, 0.25) is 10.0 Å². The molecule has 0 aliphatic rings. The van der Waals surface area contributed by atoms with Gasteiger partial charge in [0, 0.05) is 25.7 Å². The number of nitrogens with zero attached hydrogens (tertiary/aromatic N) is 1. The Hall–Kier alpha value is -2.09. The summed E-state index contributed by atoms with van der Waals surface area (Å²) in [6.07, 6.45) is 0. The molecule has 134 valence electrons. The molecule has 0 aliphatic heterocycles. The van der Waals surface area contributed by atoms with Gasteiger partial charge in [0.25, 0.3) is 5.91 Å². The number of sulfonamides is 1. The van der Waals surface area contributed by atoms with Gasteiger partial charge in [0.1, 0.15) is 5.75 Å². The SMILES string of the molecule is COc1ccc(Cl)cc1C(=O)NCc1ccccc1S(=O)(=O)N(C)C. The van der Waals surface area contributed by atoms with E-state index in [-0.39, 0.29) is 17.0 Å². The molecule has 0 atom stereocenters. The Bertz CT molecular complexity index is 882. The van der Waals surface area contributed by atoms with Crippen LogP contribution in [0, 0.1) is 0 Å². The maximum absolute atomic E-state index is 12.4. The molecule has 0 unspecified atom stereocenters. The molecule has 1 amide bonds. The second kappa shape index (κ2) is 7.86. The van der Waals surface area contributed by atoms with Gasteiger partial charge in [0.05, 0.1) is 17.6 Å². The minimum absolute atomic E-state index is 0.0533. The molecule has 8 heteroatoms. The Morgan fingerprint density at radius 2 is 1.88 bits per heavy atom. The van der Waals surface area contributed by atoms with Crippen LogP contribution >= 0.6 is 11.6 Å². The second-order valence-electron chi connectivity index (χ2n) is 5.42. The number of nitrogens with one attached hydrogen (secondary N) is 1. The minimum atomic E-state index is -3.60. The summed E-state index contributed by atoms with van der Waals surface area (Å²) < 4.78 is 31.1. The van der Waals surface area contributed by atoms with Gasteiger partial charge >= 0.3 is 0 Å². The van der Waals surface area contributed by atoms with Crippen LogP contribution in [0.5, 0.6) is 5.75 Å². The summed E-state index contributed by atoms with van der Waals surface area (Å²) >= 11 is 5.93. The highest BCUT2D eigenvalue weighted by Crippen LogP contribution is 2.23. The summed E-state index contributed by atoms with van der Waals surface area (Å²) in [5.74, 6) is -0.0208. The van der Waals surface area contributed by atoms with Gasteiger partial charge in [-0.3, -0.25) is 4.79 Å². The number of carbonyl (C=O) groups excluding carboxylic acids is 1. The zero-order valence-corrected chi connectivity index (χ0v) is 15.7. The Balaban J connectivity index is 2.26. The molecule has 0 saturated carbocycles. The number of carbonyl (C=O) groups is 1. The Labute approximate surface area is 152 Å². The van der Waals surface area contributed by atoms with Gasteiger partial charge in [0.15, 0.2) is 0 Å². The van der Waals surface area contributed by atoms with Crippen molar-refractivity contribution in [1.29, 1.82) is 0 Å². The highest BCUT2D eigenvalue weighted by atomic mass is 35.5. The van der Waals surface area contributed by atoms with E-state index >= 15 is 0 Å². The van der Waals surface area contributed by atoms with Crippen LogP contribution in [0.25, 0.3) is 0 Å². The van der Waals surface area contributed by atoms with Crippen LogP contribution in [0.4, 0.5) is 0 Å². The molecule has 2 aromatic rings. The molecular weight excluding hydrogens is 364 g/mol. The highest BCUT2D eigenvalue weighted by molar-refractivity contribution is 7.89. The number of hydrogen-bond donors (Lipinski definition) is 1. The third-order valence-electron chi connectivity index (χ3n) is 3.58. The molecule has 0 saturated heterocycles. The summed E-state index contributed by atoms with van der Waals surface area (Å²) in [7, 11) is 0.774. The van der Waals surface area contributed by atoms with Crippen molar-refractivity contribution in [2.24, 2.45) is 0 Å². The summed E-state index contributed by atoms with van der Waals surface area (Å²) in [6, 6.07) is 11.2. The fraction of sp³-hybridized carbons (Fsp3) is 0.235. The molecule has 0 aliphatic carbocycles. The Morgan fingerprint density at radius 3 is 2.52 bits per heavy atom. The average Bonchev–Trinajstić information content (AvgIpc) is 2.59. The smallest absolute Gasteiger partial charge is 0.255 e. The molecule has 2 aromatic carbocycles. The van der Waals surface area contributed by atoms with Gasteiger partial charge in [-0.25, -0.2) is 12.7 Å². The summed E-state index contributed by atoms with van der Waals surface area (Å²) in [5, 5.41) is 3.11. The van der Waals surface area contributed by atoms with Gasteiger partial charge in [-0.05, 0) is 29.8 Å². The molecule has 0 aromatic heterocycles. The lowest BCUT2D eigenvalue weighted by atomic mass is 10.1. The summed E-state index contributed by atoms with van der Waals surface area (Å²) in [4.78, 5) is 12.6. The van der Waals surface area contributed by atoms with Gasteiger partial charge in [-0.1, -0.05) is 29.8 Å². The lowest BCUT2D eigenvalue weighted by molar-refractivity contribution is 0.0947. The number of rotatable bonds is 6. The first-order valence-electron chi connectivity index (χ1n) is 7.39. The van der Waals surface area contributed by atoms with Crippen LogP contribution in [0.15, 0.2) is 47.4 Å². The number of hydrogen-bond acceptors (Lipinski definition) is 4. The van der Waals surface area contributed by atoms with E-state index in [2.05, 4.69) is 5.32 Å². The van der Waals surface area contributed by atoms with Crippen molar-refractivity contribution in [3.8, 4) is 5.75 Å². The monoisotopic (exact) mass is 382 g/mol. The van der Waals surface area contributed by atoms with Crippen molar-refractivity contribution in [2.45, 2.75) is 11.4 Å².